The van der Waals surface area contributed by atoms with E-state index in [2.05, 4.69) is 10.6 Å². The number of hydrogen-bond acceptors (Lipinski definition) is 1. The second-order valence-corrected chi connectivity index (χ2v) is 2.72. The smallest absolute Gasteiger partial charge is 0.237 e. The van der Waals surface area contributed by atoms with E-state index in [1.807, 2.05) is 30.3 Å². The summed E-state index contributed by atoms with van der Waals surface area (Å²) in [5.74, 6) is 0.00357. The third-order valence-electron chi connectivity index (χ3n) is 1.83. The number of carbonyl (C=O) groups is 1. The molecule has 1 radical (unpaired) electrons. The molecule has 0 aromatic heterocycles. The van der Waals surface area contributed by atoms with Gasteiger partial charge in [-0.1, -0.05) is 30.3 Å². The van der Waals surface area contributed by atoms with Crippen molar-refractivity contribution in [2.45, 2.75) is 6.17 Å². The van der Waals surface area contributed by atoms with E-state index in [-0.39, 0.29) is 12.1 Å². The van der Waals surface area contributed by atoms with Gasteiger partial charge in [0, 0.05) is 0 Å². The molecule has 12 heavy (non-hydrogen) atoms. The summed E-state index contributed by atoms with van der Waals surface area (Å²) in [5.41, 5.74) is 1.04. The largest absolute Gasteiger partial charge is 0.334 e. The quantitative estimate of drug-likeness (QED) is 0.637. The molecule has 61 valence electrons. The van der Waals surface area contributed by atoms with Gasteiger partial charge in [0.05, 0.1) is 6.54 Å². The zero-order valence-corrected chi connectivity index (χ0v) is 6.53. The first-order valence-corrected chi connectivity index (χ1v) is 3.87. The van der Waals surface area contributed by atoms with Gasteiger partial charge in [0.2, 0.25) is 5.91 Å². The summed E-state index contributed by atoms with van der Waals surface area (Å²) in [5, 5.41) is 6.89. The van der Waals surface area contributed by atoms with Crippen molar-refractivity contribution in [2.75, 3.05) is 6.54 Å². The molecule has 1 aliphatic heterocycles. The summed E-state index contributed by atoms with van der Waals surface area (Å²) in [4.78, 5) is 10.8. The van der Waals surface area contributed by atoms with Gasteiger partial charge in [-0.2, -0.15) is 0 Å². The number of hydrogen-bond donors (Lipinski definition) is 1. The van der Waals surface area contributed by atoms with Crippen LogP contribution in [0.15, 0.2) is 30.3 Å². The first kappa shape index (κ1) is 7.31. The third kappa shape index (κ3) is 1.31. The van der Waals surface area contributed by atoms with Crippen LogP contribution >= 0.6 is 0 Å². The predicted octanol–water partition coefficient (Wildman–Crippen LogP) is 0.419. The minimum atomic E-state index is -0.126. The lowest BCUT2D eigenvalue weighted by atomic mass is 10.2. The van der Waals surface area contributed by atoms with Crippen LogP contribution in [0, 0.1) is 0 Å². The molecule has 1 saturated heterocycles. The summed E-state index contributed by atoms with van der Waals surface area (Å²) in [7, 11) is 0. The van der Waals surface area contributed by atoms with Gasteiger partial charge in [-0.3, -0.25) is 4.79 Å². The molecule has 3 nitrogen and oxygen atoms in total. The van der Waals surface area contributed by atoms with E-state index in [0.717, 1.165) is 5.56 Å². The van der Waals surface area contributed by atoms with Crippen LogP contribution in [0.25, 0.3) is 0 Å². The van der Waals surface area contributed by atoms with Crippen molar-refractivity contribution in [1.29, 1.82) is 0 Å². The maximum absolute atomic E-state index is 10.8. The van der Waals surface area contributed by atoms with Crippen molar-refractivity contribution in [3.8, 4) is 0 Å². The summed E-state index contributed by atoms with van der Waals surface area (Å²) in [6, 6.07) is 9.74. The Hall–Kier alpha value is -1.35. The van der Waals surface area contributed by atoms with Gasteiger partial charge in [0.15, 0.2) is 0 Å². The Bertz CT molecular complexity index is 284. The molecule has 1 atom stereocenters. The molecule has 1 aromatic rings. The van der Waals surface area contributed by atoms with Gasteiger partial charge in [-0.25, -0.2) is 5.32 Å². The average Bonchev–Trinajstić information content (AvgIpc) is 2.54. The lowest BCUT2D eigenvalue weighted by Gasteiger charge is -2.07. The molecule has 1 unspecified atom stereocenters. The molecule has 0 spiro atoms. The highest BCUT2D eigenvalue weighted by molar-refractivity contribution is 5.80. The van der Waals surface area contributed by atoms with Gasteiger partial charge < -0.3 is 5.32 Å². The van der Waals surface area contributed by atoms with E-state index in [9.17, 15) is 4.79 Å². The first-order chi connectivity index (χ1) is 5.86. The summed E-state index contributed by atoms with van der Waals surface area (Å²) in [6.07, 6.45) is -0.126. The predicted molar refractivity (Wildman–Crippen MR) is 44.3 cm³/mol. The second-order valence-electron chi connectivity index (χ2n) is 2.72. The van der Waals surface area contributed by atoms with E-state index in [0.29, 0.717) is 6.54 Å². The Morgan fingerprint density at radius 3 is 2.67 bits per heavy atom. The maximum atomic E-state index is 10.8. The lowest BCUT2D eigenvalue weighted by molar-refractivity contribution is -0.118. The van der Waals surface area contributed by atoms with Crippen LogP contribution in [0.4, 0.5) is 0 Å². The van der Waals surface area contributed by atoms with Crippen molar-refractivity contribution < 1.29 is 4.79 Å². The molecular formula is C9H9N2O. The number of nitrogens with zero attached hydrogens (tertiary/aromatic N) is 1. The molecule has 1 heterocycles. The number of carbonyl (C=O) groups excluding carboxylic acids is 1. The van der Waals surface area contributed by atoms with Gasteiger partial charge in [-0.15, -0.1) is 0 Å². The van der Waals surface area contributed by atoms with Gasteiger partial charge in [0.25, 0.3) is 0 Å². The van der Waals surface area contributed by atoms with Gasteiger partial charge in [-0.05, 0) is 5.56 Å². The molecule has 3 heteroatoms. The standard InChI is InChI=1S/C9H9N2O/c12-8-6-10-9(11-8)7-4-2-1-3-5-7/h1-5,9H,6H2,(H,11,12). The number of amides is 1. The second kappa shape index (κ2) is 2.95. The Morgan fingerprint density at radius 2 is 2.08 bits per heavy atom. The van der Waals surface area contributed by atoms with Gasteiger partial charge >= 0.3 is 0 Å². The highest BCUT2D eigenvalue weighted by Gasteiger charge is 2.21. The topological polar surface area (TPSA) is 43.2 Å². The fourth-order valence-electron chi connectivity index (χ4n) is 1.24. The molecule has 1 aliphatic rings. The van der Waals surface area contributed by atoms with Crippen molar-refractivity contribution in [3.05, 3.63) is 35.9 Å². The fraction of sp³-hybridized carbons (Fsp3) is 0.222. The minimum Gasteiger partial charge on any atom is -0.334 e. The lowest BCUT2D eigenvalue weighted by Crippen LogP contribution is -2.20. The van der Waals surface area contributed by atoms with Crippen LogP contribution in [0.1, 0.15) is 11.7 Å². The minimum absolute atomic E-state index is 0.00357. The molecule has 0 bridgehead atoms. The van der Waals surface area contributed by atoms with Crippen LogP contribution in [0.2, 0.25) is 0 Å². The molecule has 1 N–H and O–H groups in total. The van der Waals surface area contributed by atoms with E-state index in [1.54, 1.807) is 0 Å². The molecular weight excluding hydrogens is 152 g/mol. The molecule has 1 amide bonds. The monoisotopic (exact) mass is 161 g/mol. The van der Waals surface area contributed by atoms with E-state index >= 15 is 0 Å². The highest BCUT2D eigenvalue weighted by Crippen LogP contribution is 2.12. The molecule has 0 aliphatic carbocycles. The maximum Gasteiger partial charge on any atom is 0.237 e. The summed E-state index contributed by atoms with van der Waals surface area (Å²) in [6.45, 7) is 0.291. The van der Waals surface area contributed by atoms with Crippen LogP contribution in [0.5, 0.6) is 0 Å². The molecule has 1 fully saturated rings. The van der Waals surface area contributed by atoms with Crippen LogP contribution < -0.4 is 10.6 Å². The van der Waals surface area contributed by atoms with Crippen LogP contribution in [0.3, 0.4) is 0 Å². The first-order valence-electron chi connectivity index (χ1n) is 3.87. The summed E-state index contributed by atoms with van der Waals surface area (Å²) < 4.78 is 0. The fourth-order valence-corrected chi connectivity index (χ4v) is 1.24. The van der Waals surface area contributed by atoms with Crippen molar-refractivity contribution in [2.24, 2.45) is 0 Å². The van der Waals surface area contributed by atoms with Crippen LogP contribution in [-0.2, 0) is 4.79 Å². The molecule has 0 saturated carbocycles. The van der Waals surface area contributed by atoms with E-state index in [1.165, 1.54) is 0 Å². The van der Waals surface area contributed by atoms with E-state index < -0.39 is 0 Å². The Balaban J connectivity index is 2.16. The zero-order chi connectivity index (χ0) is 8.39. The van der Waals surface area contributed by atoms with Crippen LogP contribution in [-0.4, -0.2) is 12.5 Å². The number of rotatable bonds is 1. The van der Waals surface area contributed by atoms with Crippen molar-refractivity contribution >= 4 is 5.91 Å². The molecule has 1 aromatic carbocycles. The SMILES string of the molecule is O=C1C[N]C(c2ccccc2)N1. The zero-order valence-electron chi connectivity index (χ0n) is 6.53. The Morgan fingerprint density at radius 1 is 1.33 bits per heavy atom. The third-order valence-corrected chi connectivity index (χ3v) is 1.83. The average molecular weight is 161 g/mol. The van der Waals surface area contributed by atoms with E-state index in [4.69, 9.17) is 0 Å². The highest BCUT2D eigenvalue weighted by atomic mass is 16.2. The Kier molecular flexibility index (Phi) is 1.80. The van der Waals surface area contributed by atoms with Crippen molar-refractivity contribution in [3.63, 3.8) is 0 Å². The number of nitrogens with one attached hydrogen (secondary N) is 1. The van der Waals surface area contributed by atoms with Crippen molar-refractivity contribution in [1.82, 2.24) is 10.6 Å². The number of benzene rings is 1. The van der Waals surface area contributed by atoms with Gasteiger partial charge in [0.1, 0.15) is 6.17 Å². The summed E-state index contributed by atoms with van der Waals surface area (Å²) >= 11 is 0. The Labute approximate surface area is 70.8 Å². The molecule has 2 rings (SSSR count). The normalized spacial score (nSPS) is 22.3.